The largest absolute Gasteiger partial charge is 0.466 e. The zero-order valence-electron chi connectivity index (χ0n) is 13.3. The molecule has 0 bridgehead atoms. The standard InChI is InChI=1S/C15H21ClN4O3/c1-4-11(16)8-10(3)18-14(17)9-13-12(19-23-20-13)6-7-15(21)22-5-2/h8H,3-7,9H2,1-2H3,(H2,17,18)/b11-8+. The van der Waals surface area contributed by atoms with E-state index in [1.165, 1.54) is 0 Å². The Morgan fingerprint density at radius 2 is 2.13 bits per heavy atom. The number of rotatable bonds is 9. The van der Waals surface area contributed by atoms with Crippen LogP contribution in [0.4, 0.5) is 0 Å². The van der Waals surface area contributed by atoms with Gasteiger partial charge in [0.05, 0.1) is 25.1 Å². The summed E-state index contributed by atoms with van der Waals surface area (Å²) in [6.45, 7) is 7.79. The summed E-state index contributed by atoms with van der Waals surface area (Å²) in [4.78, 5) is 15.5. The average molecular weight is 341 g/mol. The van der Waals surface area contributed by atoms with E-state index in [0.29, 0.717) is 47.4 Å². The molecule has 1 rings (SSSR count). The number of aryl methyl sites for hydroxylation is 1. The van der Waals surface area contributed by atoms with E-state index >= 15 is 0 Å². The maximum atomic E-state index is 11.4. The zero-order chi connectivity index (χ0) is 17.2. The van der Waals surface area contributed by atoms with Crippen molar-refractivity contribution in [2.45, 2.75) is 39.5 Å². The average Bonchev–Trinajstić information content (AvgIpc) is 2.92. The van der Waals surface area contributed by atoms with Crippen LogP contribution in [0.5, 0.6) is 0 Å². The number of allylic oxidation sites excluding steroid dienone is 2. The lowest BCUT2D eigenvalue weighted by Gasteiger charge is -2.02. The number of esters is 1. The summed E-state index contributed by atoms with van der Waals surface area (Å²) < 4.78 is 9.57. The van der Waals surface area contributed by atoms with Crippen LogP contribution in [0.15, 0.2) is 33.0 Å². The number of ether oxygens (including phenoxy) is 1. The molecule has 0 fully saturated rings. The second-order valence-corrected chi connectivity index (χ2v) is 5.16. The Balaban J connectivity index is 2.65. The van der Waals surface area contributed by atoms with Crippen molar-refractivity contribution in [3.8, 4) is 0 Å². The Morgan fingerprint density at radius 1 is 1.43 bits per heavy atom. The van der Waals surface area contributed by atoms with Gasteiger partial charge in [0.15, 0.2) is 0 Å². The Hall–Kier alpha value is -2.15. The van der Waals surface area contributed by atoms with Crippen LogP contribution in [0.3, 0.4) is 0 Å². The fourth-order valence-electron chi connectivity index (χ4n) is 1.71. The van der Waals surface area contributed by atoms with Crippen LogP contribution in [0.25, 0.3) is 0 Å². The lowest BCUT2D eigenvalue weighted by Crippen LogP contribution is -2.16. The van der Waals surface area contributed by atoms with Crippen molar-refractivity contribution in [3.05, 3.63) is 34.8 Å². The molecule has 0 saturated carbocycles. The molecule has 126 valence electrons. The van der Waals surface area contributed by atoms with E-state index < -0.39 is 0 Å². The minimum absolute atomic E-state index is 0.202. The lowest BCUT2D eigenvalue weighted by atomic mass is 10.1. The monoisotopic (exact) mass is 340 g/mol. The maximum Gasteiger partial charge on any atom is 0.306 e. The van der Waals surface area contributed by atoms with Crippen molar-refractivity contribution in [2.75, 3.05) is 6.61 Å². The summed E-state index contributed by atoms with van der Waals surface area (Å²) in [7, 11) is 0. The molecule has 0 aliphatic heterocycles. The molecule has 0 aromatic carbocycles. The van der Waals surface area contributed by atoms with Gasteiger partial charge in [-0.25, -0.2) is 9.62 Å². The smallest absolute Gasteiger partial charge is 0.306 e. The quantitative estimate of drug-likeness (QED) is 0.320. The first-order chi connectivity index (χ1) is 11.0. The lowest BCUT2D eigenvalue weighted by molar-refractivity contribution is -0.143. The molecule has 0 atom stereocenters. The second kappa shape index (κ2) is 9.78. The van der Waals surface area contributed by atoms with Crippen molar-refractivity contribution < 1.29 is 14.2 Å². The highest BCUT2D eigenvalue weighted by molar-refractivity contribution is 6.29. The van der Waals surface area contributed by atoms with Gasteiger partial charge in [-0.15, -0.1) is 0 Å². The van der Waals surface area contributed by atoms with Crippen LogP contribution in [0, 0.1) is 0 Å². The highest BCUT2D eigenvalue weighted by Gasteiger charge is 2.13. The van der Waals surface area contributed by atoms with E-state index in [4.69, 9.17) is 26.7 Å². The van der Waals surface area contributed by atoms with Crippen LogP contribution in [0.2, 0.25) is 0 Å². The van der Waals surface area contributed by atoms with Crippen LogP contribution in [-0.4, -0.2) is 28.7 Å². The fraction of sp³-hybridized carbons (Fsp3) is 0.467. The molecule has 8 heteroatoms. The molecule has 1 aromatic rings. The number of halogens is 1. The number of aromatic nitrogens is 2. The topological polar surface area (TPSA) is 104 Å². The van der Waals surface area contributed by atoms with Crippen molar-refractivity contribution >= 4 is 23.4 Å². The van der Waals surface area contributed by atoms with Crippen molar-refractivity contribution in [2.24, 2.45) is 10.7 Å². The number of nitrogens with two attached hydrogens (primary N) is 1. The molecule has 0 amide bonds. The number of aliphatic imine (C=N–C) groups is 1. The molecule has 0 radical (unpaired) electrons. The van der Waals surface area contributed by atoms with E-state index in [1.807, 2.05) is 6.92 Å². The third-order valence-electron chi connectivity index (χ3n) is 2.80. The summed E-state index contributed by atoms with van der Waals surface area (Å²) in [5.41, 5.74) is 7.42. The predicted octanol–water partition coefficient (Wildman–Crippen LogP) is 2.51. The number of carbonyl (C=O) groups excluding carboxylic acids is 1. The van der Waals surface area contributed by atoms with Crippen molar-refractivity contribution in [1.29, 1.82) is 0 Å². The molecule has 0 spiro atoms. The SMILES string of the molecule is C=C(/C=C(/Cl)CC)N=C(N)Cc1nonc1CCC(=O)OCC. The molecule has 0 unspecified atom stereocenters. The molecule has 1 aromatic heterocycles. The van der Waals surface area contributed by atoms with Gasteiger partial charge in [-0.1, -0.05) is 35.4 Å². The Labute approximate surface area is 140 Å². The van der Waals surface area contributed by atoms with Crippen LogP contribution < -0.4 is 5.73 Å². The molecule has 7 nitrogen and oxygen atoms in total. The Kier molecular flexibility index (Phi) is 8.04. The number of hydrogen-bond donors (Lipinski definition) is 1. The number of hydrogen-bond acceptors (Lipinski definition) is 6. The molecular formula is C15H21ClN4O3. The van der Waals surface area contributed by atoms with E-state index in [-0.39, 0.29) is 18.8 Å². The fourth-order valence-corrected chi connectivity index (χ4v) is 1.84. The van der Waals surface area contributed by atoms with Crippen LogP contribution >= 0.6 is 11.6 Å². The minimum Gasteiger partial charge on any atom is -0.466 e. The van der Waals surface area contributed by atoms with Crippen molar-refractivity contribution in [3.63, 3.8) is 0 Å². The summed E-state index contributed by atoms with van der Waals surface area (Å²) >= 11 is 5.92. The van der Waals surface area contributed by atoms with Gasteiger partial charge in [0, 0.05) is 11.5 Å². The zero-order valence-corrected chi connectivity index (χ0v) is 14.1. The van der Waals surface area contributed by atoms with Gasteiger partial charge in [-0.3, -0.25) is 4.79 Å². The van der Waals surface area contributed by atoms with Gasteiger partial charge in [0.1, 0.15) is 17.2 Å². The molecule has 0 saturated heterocycles. The van der Waals surface area contributed by atoms with Gasteiger partial charge >= 0.3 is 5.97 Å². The van der Waals surface area contributed by atoms with E-state index in [0.717, 1.165) is 0 Å². The van der Waals surface area contributed by atoms with Crippen molar-refractivity contribution in [1.82, 2.24) is 10.3 Å². The molecule has 23 heavy (non-hydrogen) atoms. The third kappa shape index (κ3) is 7.10. The molecule has 0 aliphatic carbocycles. The van der Waals surface area contributed by atoms with Crippen LogP contribution in [-0.2, 0) is 22.4 Å². The van der Waals surface area contributed by atoms with Gasteiger partial charge in [-0.2, -0.15) is 0 Å². The van der Waals surface area contributed by atoms with E-state index in [1.54, 1.807) is 13.0 Å². The first-order valence-corrected chi connectivity index (χ1v) is 7.68. The summed E-state index contributed by atoms with van der Waals surface area (Å²) in [5.74, 6) is 0.00992. The predicted molar refractivity (Wildman–Crippen MR) is 87.9 cm³/mol. The number of nitrogens with zero attached hydrogens (tertiary/aromatic N) is 3. The molecular weight excluding hydrogens is 320 g/mol. The van der Waals surface area contributed by atoms with E-state index in [2.05, 4.69) is 21.9 Å². The summed E-state index contributed by atoms with van der Waals surface area (Å²) in [6.07, 6.45) is 3.16. The first-order valence-electron chi connectivity index (χ1n) is 7.30. The molecule has 2 N–H and O–H groups in total. The Morgan fingerprint density at radius 3 is 2.78 bits per heavy atom. The minimum atomic E-state index is -0.296. The normalized spacial score (nSPS) is 12.3. The second-order valence-electron chi connectivity index (χ2n) is 4.68. The molecule has 1 heterocycles. The Bertz CT molecular complexity index is 608. The van der Waals surface area contributed by atoms with E-state index in [9.17, 15) is 4.79 Å². The molecule has 0 aliphatic rings. The van der Waals surface area contributed by atoms with Gasteiger partial charge < -0.3 is 10.5 Å². The van der Waals surface area contributed by atoms with Gasteiger partial charge in [0.2, 0.25) is 0 Å². The summed E-state index contributed by atoms with van der Waals surface area (Å²) in [6, 6.07) is 0. The highest BCUT2D eigenvalue weighted by atomic mass is 35.5. The first kappa shape index (κ1) is 18.9. The maximum absolute atomic E-state index is 11.4. The third-order valence-corrected chi connectivity index (χ3v) is 3.18. The number of amidine groups is 1. The number of carbonyl (C=O) groups is 1. The van der Waals surface area contributed by atoms with Crippen LogP contribution in [0.1, 0.15) is 38.1 Å². The highest BCUT2D eigenvalue weighted by Crippen LogP contribution is 2.11. The van der Waals surface area contributed by atoms with Gasteiger partial charge in [-0.05, 0) is 19.4 Å². The summed E-state index contributed by atoms with van der Waals surface area (Å²) in [5, 5.41) is 8.22. The van der Waals surface area contributed by atoms with Gasteiger partial charge in [0.25, 0.3) is 0 Å².